The Labute approximate surface area is 76.5 Å². The molecule has 0 aromatic heterocycles. The molecule has 1 rings (SSSR count). The third-order valence-corrected chi connectivity index (χ3v) is 4.49. The maximum Gasteiger partial charge on any atom is 0.104 e. The largest absolute Gasteiger partial charge is 0.108 e. The van der Waals surface area contributed by atoms with Gasteiger partial charge in [0.05, 0.1) is 0 Å². The zero-order valence-electron chi connectivity index (χ0n) is 6.13. The van der Waals surface area contributed by atoms with Crippen LogP contribution in [-0.4, -0.2) is 14.5 Å². The van der Waals surface area contributed by atoms with Crippen molar-refractivity contribution in [1.82, 2.24) is 0 Å². The van der Waals surface area contributed by atoms with E-state index in [0.717, 1.165) is 8.78 Å². The van der Waals surface area contributed by atoms with E-state index in [1.807, 2.05) is 23.5 Å². The van der Waals surface area contributed by atoms with Crippen LogP contribution in [0.2, 0.25) is 0 Å². The van der Waals surface area contributed by atoms with Crippen LogP contribution in [0.4, 0.5) is 0 Å². The average Bonchev–Trinajstić information content (AvgIpc) is 1.88. The molecular formula is C7H12S3. The monoisotopic (exact) mass is 192 g/mol. The summed E-state index contributed by atoms with van der Waals surface area (Å²) in [5, 5.41) is 0.832. The normalized spacial score (nSPS) is 26.9. The van der Waals surface area contributed by atoms with Crippen molar-refractivity contribution in [2.45, 2.75) is 31.4 Å². The van der Waals surface area contributed by atoms with Gasteiger partial charge in [-0.05, 0) is 12.8 Å². The minimum absolute atomic E-state index is 0.832. The average molecular weight is 192 g/mol. The molecule has 0 aliphatic carbocycles. The summed E-state index contributed by atoms with van der Waals surface area (Å²) in [5.41, 5.74) is 0. The van der Waals surface area contributed by atoms with E-state index >= 15 is 0 Å². The molecule has 1 aliphatic heterocycles. The van der Waals surface area contributed by atoms with E-state index in [9.17, 15) is 0 Å². The molecule has 1 atom stereocenters. The van der Waals surface area contributed by atoms with E-state index in [-0.39, 0.29) is 0 Å². The van der Waals surface area contributed by atoms with Gasteiger partial charge in [-0.25, -0.2) is 0 Å². The standard InChI is InChI=1S/C7H12S3/c1-2-3-6-4-5-9-7(8)10-6/h6H,2-5H2,1H3. The summed E-state index contributed by atoms with van der Waals surface area (Å²) in [6.07, 6.45) is 3.99. The summed E-state index contributed by atoms with van der Waals surface area (Å²) in [5.74, 6) is 1.25. The fourth-order valence-corrected chi connectivity index (χ4v) is 4.20. The fraction of sp³-hybridized carbons (Fsp3) is 0.857. The molecule has 1 unspecified atom stereocenters. The molecule has 0 aromatic carbocycles. The maximum absolute atomic E-state index is 5.12. The Morgan fingerprint density at radius 1 is 1.70 bits per heavy atom. The summed E-state index contributed by atoms with van der Waals surface area (Å²) in [6.45, 7) is 2.24. The number of rotatable bonds is 2. The quantitative estimate of drug-likeness (QED) is 0.616. The zero-order chi connectivity index (χ0) is 7.40. The van der Waals surface area contributed by atoms with Gasteiger partial charge in [-0.2, -0.15) is 0 Å². The van der Waals surface area contributed by atoms with E-state index < -0.39 is 0 Å². The molecule has 1 aliphatic rings. The van der Waals surface area contributed by atoms with Crippen molar-refractivity contribution >= 4 is 39.3 Å². The van der Waals surface area contributed by atoms with Crippen molar-refractivity contribution in [1.29, 1.82) is 0 Å². The summed E-state index contributed by atoms with van der Waals surface area (Å²) < 4.78 is 1.16. The smallest absolute Gasteiger partial charge is 0.104 e. The van der Waals surface area contributed by atoms with Crippen LogP contribution in [0.1, 0.15) is 26.2 Å². The molecule has 3 heteroatoms. The van der Waals surface area contributed by atoms with Gasteiger partial charge in [0.15, 0.2) is 0 Å². The van der Waals surface area contributed by atoms with Crippen LogP contribution in [-0.2, 0) is 0 Å². The third kappa shape index (κ3) is 2.81. The van der Waals surface area contributed by atoms with Crippen LogP contribution in [0.25, 0.3) is 0 Å². The van der Waals surface area contributed by atoms with Gasteiger partial charge in [0.2, 0.25) is 0 Å². The number of thioether (sulfide) groups is 2. The van der Waals surface area contributed by atoms with E-state index in [0.29, 0.717) is 0 Å². The first kappa shape index (κ1) is 8.88. The highest BCUT2D eigenvalue weighted by Gasteiger charge is 2.16. The van der Waals surface area contributed by atoms with Gasteiger partial charge in [-0.1, -0.05) is 25.6 Å². The van der Waals surface area contributed by atoms with Crippen LogP contribution in [0, 0.1) is 0 Å². The van der Waals surface area contributed by atoms with E-state index in [1.54, 1.807) is 0 Å². The summed E-state index contributed by atoms with van der Waals surface area (Å²) in [7, 11) is 0. The minimum Gasteiger partial charge on any atom is -0.108 e. The second-order valence-corrected chi connectivity index (χ2v) is 6.01. The van der Waals surface area contributed by atoms with Crippen molar-refractivity contribution < 1.29 is 0 Å². The lowest BCUT2D eigenvalue weighted by atomic mass is 10.2. The Kier molecular flexibility index (Phi) is 4.11. The lowest BCUT2D eigenvalue weighted by Crippen LogP contribution is -2.11. The SMILES string of the molecule is CCCC1CCSC(=S)S1. The minimum atomic E-state index is 0.832. The second-order valence-electron chi connectivity index (χ2n) is 2.42. The molecule has 0 bridgehead atoms. The highest BCUT2D eigenvalue weighted by Crippen LogP contribution is 2.33. The van der Waals surface area contributed by atoms with Gasteiger partial charge in [-0.15, -0.1) is 23.5 Å². The maximum atomic E-state index is 5.12. The van der Waals surface area contributed by atoms with Gasteiger partial charge < -0.3 is 0 Å². The number of hydrogen-bond donors (Lipinski definition) is 0. The molecule has 0 nitrogen and oxygen atoms in total. The topological polar surface area (TPSA) is 0 Å². The van der Waals surface area contributed by atoms with Crippen LogP contribution in [0.3, 0.4) is 0 Å². The number of thiocarbonyl (C=S) groups is 1. The Bertz CT molecular complexity index is 120. The molecule has 1 saturated heterocycles. The van der Waals surface area contributed by atoms with Crippen LogP contribution >= 0.6 is 35.7 Å². The fourth-order valence-electron chi connectivity index (χ4n) is 1.03. The molecule has 10 heavy (non-hydrogen) atoms. The predicted octanol–water partition coefficient (Wildman–Crippen LogP) is 3.31. The molecular weight excluding hydrogens is 180 g/mol. The van der Waals surface area contributed by atoms with Crippen LogP contribution in [0.15, 0.2) is 0 Å². The lowest BCUT2D eigenvalue weighted by molar-refractivity contribution is 0.726. The molecule has 1 heterocycles. The lowest BCUT2D eigenvalue weighted by Gasteiger charge is -2.20. The summed E-state index contributed by atoms with van der Waals surface area (Å²) in [6, 6.07) is 0. The first-order valence-electron chi connectivity index (χ1n) is 3.66. The van der Waals surface area contributed by atoms with Gasteiger partial charge >= 0.3 is 0 Å². The van der Waals surface area contributed by atoms with Gasteiger partial charge in [0, 0.05) is 11.0 Å². The van der Waals surface area contributed by atoms with Crippen molar-refractivity contribution in [3.8, 4) is 0 Å². The van der Waals surface area contributed by atoms with Crippen molar-refractivity contribution in [3.63, 3.8) is 0 Å². The van der Waals surface area contributed by atoms with Gasteiger partial charge in [0.1, 0.15) is 3.53 Å². The Hall–Kier alpha value is 0.790. The number of hydrogen-bond acceptors (Lipinski definition) is 3. The first-order valence-corrected chi connectivity index (χ1v) is 5.93. The Morgan fingerprint density at radius 2 is 2.50 bits per heavy atom. The van der Waals surface area contributed by atoms with Crippen molar-refractivity contribution in [2.75, 3.05) is 5.75 Å². The van der Waals surface area contributed by atoms with Crippen LogP contribution < -0.4 is 0 Å². The van der Waals surface area contributed by atoms with E-state index in [1.165, 1.54) is 25.0 Å². The van der Waals surface area contributed by atoms with Crippen molar-refractivity contribution in [2.24, 2.45) is 0 Å². The Balaban J connectivity index is 2.25. The molecule has 58 valence electrons. The molecule has 0 radical (unpaired) electrons. The van der Waals surface area contributed by atoms with Gasteiger partial charge in [0.25, 0.3) is 0 Å². The molecule has 0 N–H and O–H groups in total. The summed E-state index contributed by atoms with van der Waals surface area (Å²) in [4.78, 5) is 0. The molecule has 0 amide bonds. The molecule has 1 fully saturated rings. The Morgan fingerprint density at radius 3 is 3.10 bits per heavy atom. The second kappa shape index (κ2) is 4.62. The zero-order valence-corrected chi connectivity index (χ0v) is 8.58. The predicted molar refractivity (Wildman–Crippen MR) is 56.0 cm³/mol. The highest BCUT2D eigenvalue weighted by molar-refractivity contribution is 8.47. The highest BCUT2D eigenvalue weighted by atomic mass is 32.2. The van der Waals surface area contributed by atoms with E-state index in [4.69, 9.17) is 12.2 Å². The van der Waals surface area contributed by atoms with Gasteiger partial charge in [-0.3, -0.25) is 0 Å². The summed E-state index contributed by atoms with van der Waals surface area (Å²) >= 11 is 8.87. The molecule has 0 aromatic rings. The van der Waals surface area contributed by atoms with E-state index in [2.05, 4.69) is 6.92 Å². The molecule has 0 saturated carbocycles. The van der Waals surface area contributed by atoms with Crippen molar-refractivity contribution in [3.05, 3.63) is 0 Å². The molecule has 0 spiro atoms. The van der Waals surface area contributed by atoms with Crippen LogP contribution in [0.5, 0.6) is 0 Å². The third-order valence-electron chi connectivity index (χ3n) is 1.53. The first-order chi connectivity index (χ1) is 4.83.